The number of amides is 2. The van der Waals surface area contributed by atoms with E-state index in [4.69, 9.17) is 43.7 Å². The summed E-state index contributed by atoms with van der Waals surface area (Å²) in [7, 11) is 0. The van der Waals surface area contributed by atoms with Gasteiger partial charge in [-0.05, 0) is 26.7 Å². The van der Waals surface area contributed by atoms with Crippen LogP contribution in [0, 0.1) is 0 Å². The number of nitrogens with one attached hydrogen (secondary N) is 2. The molecule has 4 aliphatic heterocycles. The van der Waals surface area contributed by atoms with Crippen LogP contribution in [0.1, 0.15) is 46.5 Å². The van der Waals surface area contributed by atoms with E-state index in [-0.39, 0.29) is 18.9 Å². The quantitative estimate of drug-likeness (QED) is 0.0298. The first-order valence-electron chi connectivity index (χ1n) is 18.2. The maximum absolute atomic E-state index is 12.5. The van der Waals surface area contributed by atoms with E-state index in [9.17, 15) is 60.7 Å². The van der Waals surface area contributed by atoms with Gasteiger partial charge in [0, 0.05) is 20.0 Å². The Kier molecular flexibility index (Phi) is 17.3. The van der Waals surface area contributed by atoms with Crippen molar-refractivity contribution < 1.29 is 98.5 Å². The highest BCUT2D eigenvalue weighted by Gasteiger charge is 2.56. The predicted octanol–water partition coefficient (Wildman–Crippen LogP) is -6.98. The lowest BCUT2D eigenvalue weighted by molar-refractivity contribution is -0.386. The van der Waals surface area contributed by atoms with Gasteiger partial charge in [0.2, 0.25) is 11.8 Å². The van der Waals surface area contributed by atoms with Crippen molar-refractivity contribution in [3.63, 3.8) is 0 Å². The van der Waals surface area contributed by atoms with Crippen LogP contribution in [-0.2, 0) is 47.5 Å². The highest BCUT2D eigenvalue weighted by Crippen LogP contribution is 2.35. The zero-order valence-corrected chi connectivity index (χ0v) is 30.6. The second-order valence-corrected chi connectivity index (χ2v) is 14.1. The molecule has 55 heavy (non-hydrogen) atoms. The van der Waals surface area contributed by atoms with Crippen LogP contribution in [0.4, 0.5) is 0 Å². The molecule has 4 saturated heterocycles. The van der Waals surface area contributed by atoms with E-state index >= 15 is 0 Å². The molecule has 23 nitrogen and oxygen atoms in total. The highest BCUT2D eigenvalue weighted by atomic mass is 16.8. The van der Waals surface area contributed by atoms with E-state index in [0.717, 1.165) is 6.92 Å². The van der Waals surface area contributed by atoms with Crippen molar-refractivity contribution in [3.8, 4) is 0 Å². The first kappa shape index (κ1) is 45.9. The average Bonchev–Trinajstić information content (AvgIpc) is 3.15. The molecule has 20 atom stereocenters. The van der Waals surface area contributed by atoms with Crippen molar-refractivity contribution in [2.75, 3.05) is 19.8 Å². The Balaban J connectivity index is 1.56. The molecule has 0 spiro atoms. The van der Waals surface area contributed by atoms with E-state index in [2.05, 4.69) is 5.32 Å². The third-order valence-electron chi connectivity index (χ3n) is 10.0. The summed E-state index contributed by atoms with van der Waals surface area (Å²) in [5.41, 5.74) is 2.04. The molecule has 320 valence electrons. The number of aliphatic hydroxyl groups is 10. The molecule has 4 rings (SSSR count). The second kappa shape index (κ2) is 20.7. The first-order valence-corrected chi connectivity index (χ1v) is 18.2. The van der Waals surface area contributed by atoms with E-state index in [0.29, 0.717) is 19.3 Å². The maximum atomic E-state index is 12.5. The number of ether oxygens (including phenoxy) is 8. The molecular weight excluding hydrogens is 746 g/mol. The minimum absolute atomic E-state index is 0.0893. The van der Waals surface area contributed by atoms with Crippen LogP contribution < -0.4 is 16.6 Å². The Hall–Kier alpha value is -1.82. The van der Waals surface area contributed by atoms with Crippen LogP contribution in [-0.4, -0.2) is 205 Å². The molecule has 0 aromatic carbocycles. The fraction of sp³-hybridized carbons (Fsp3) is 0.938. The summed E-state index contributed by atoms with van der Waals surface area (Å²) in [5, 5.41) is 109. The monoisotopic (exact) mass is 803 g/mol. The van der Waals surface area contributed by atoms with E-state index in [1.165, 1.54) is 13.8 Å². The standard InChI is InChI=1S/C32H57N3O20/c1-11-18(40)22(44)24(46)31(50-11)55-28-23(45)20(42)14(9-36)52-32(28)53-26-17(34-13(3)38)29(51-15(10-37)21(26)43)54-27-19(41)12(2)49-30(25(27)47)48-8-6-4-5-7-16(39)35-33/h11-12,14-15,17-32,36-37,40-47H,4-10,33H2,1-3H3,(H,34,38)(H,35,39)/t11?,12?,14?,15-,17?,18+,19+,20+,21-,22-,23+,24?,25?,26?,27-,28?,29-,30-,31+,32+/m1/s1. The summed E-state index contributed by atoms with van der Waals surface area (Å²) in [6.07, 6.45) is -28.8. The number of aliphatic hydroxyl groups excluding tert-OH is 10. The molecule has 0 aliphatic carbocycles. The molecule has 0 bridgehead atoms. The average molecular weight is 804 g/mol. The van der Waals surface area contributed by atoms with Crippen molar-refractivity contribution in [3.05, 3.63) is 0 Å². The molecule has 0 saturated carbocycles. The lowest BCUT2D eigenvalue weighted by Gasteiger charge is -2.50. The summed E-state index contributed by atoms with van der Waals surface area (Å²) in [6, 6.07) is -1.53. The second-order valence-electron chi connectivity index (χ2n) is 14.1. The van der Waals surface area contributed by atoms with Crippen molar-refractivity contribution in [1.82, 2.24) is 10.7 Å². The number of hydrazine groups is 1. The van der Waals surface area contributed by atoms with Gasteiger partial charge >= 0.3 is 0 Å². The SMILES string of the molecule is CC(=O)NC1C(O[C@@H]2OC(CO)[C@H](O)[C@H](O)C2O[C@@H]2OC(C)[C@H](O)[C@@H](O)C2O)[C@H](O)[C@@H](CO)O[C@@H]1O[C@H]1C(O)[C@H](OCCCCCC(=O)NN)OC(C)[C@@H]1O. The molecule has 23 heteroatoms. The van der Waals surface area contributed by atoms with Crippen molar-refractivity contribution in [2.45, 2.75) is 169 Å². The van der Waals surface area contributed by atoms with Gasteiger partial charge in [-0.1, -0.05) is 6.42 Å². The van der Waals surface area contributed by atoms with E-state index in [1.807, 2.05) is 5.43 Å². The topological polar surface area (TPSA) is 360 Å². The van der Waals surface area contributed by atoms with Crippen LogP contribution in [0.2, 0.25) is 0 Å². The summed E-state index contributed by atoms with van der Waals surface area (Å²) < 4.78 is 46.3. The fourth-order valence-corrected chi connectivity index (χ4v) is 6.77. The van der Waals surface area contributed by atoms with Crippen LogP contribution >= 0.6 is 0 Å². The van der Waals surface area contributed by atoms with Crippen molar-refractivity contribution in [1.29, 1.82) is 0 Å². The summed E-state index contributed by atoms with van der Waals surface area (Å²) in [6.45, 7) is 2.35. The van der Waals surface area contributed by atoms with Gasteiger partial charge in [0.05, 0.1) is 25.4 Å². The fourth-order valence-electron chi connectivity index (χ4n) is 6.77. The number of unbranched alkanes of at least 4 members (excludes halogenated alkanes) is 2. The summed E-state index contributed by atoms with van der Waals surface area (Å²) in [5.74, 6) is 4.05. The van der Waals surface area contributed by atoms with Crippen molar-refractivity contribution >= 4 is 11.8 Å². The Morgan fingerprint density at radius 2 is 1.18 bits per heavy atom. The zero-order valence-electron chi connectivity index (χ0n) is 30.6. The Bertz CT molecular complexity index is 1210. The molecule has 8 unspecified atom stereocenters. The Morgan fingerprint density at radius 1 is 0.600 bits per heavy atom. The van der Waals surface area contributed by atoms with Crippen LogP contribution in [0.15, 0.2) is 0 Å². The molecular formula is C32H57N3O20. The van der Waals surface area contributed by atoms with Gasteiger partial charge in [-0.15, -0.1) is 0 Å². The molecule has 2 amide bonds. The number of rotatable bonds is 16. The Morgan fingerprint density at radius 3 is 1.82 bits per heavy atom. The molecule has 0 aromatic rings. The Labute approximate surface area is 316 Å². The van der Waals surface area contributed by atoms with Gasteiger partial charge in [0.15, 0.2) is 25.2 Å². The largest absolute Gasteiger partial charge is 0.394 e. The van der Waals surface area contributed by atoms with E-state index < -0.39 is 142 Å². The summed E-state index contributed by atoms with van der Waals surface area (Å²) in [4.78, 5) is 23.9. The van der Waals surface area contributed by atoms with Crippen LogP contribution in [0.25, 0.3) is 0 Å². The smallest absolute Gasteiger partial charge is 0.233 e. The molecule has 0 aromatic heterocycles. The lowest BCUT2D eigenvalue weighted by Crippen LogP contribution is -2.70. The summed E-state index contributed by atoms with van der Waals surface area (Å²) >= 11 is 0. The van der Waals surface area contributed by atoms with Crippen LogP contribution in [0.5, 0.6) is 0 Å². The van der Waals surface area contributed by atoms with Gasteiger partial charge in [-0.2, -0.15) is 0 Å². The van der Waals surface area contributed by atoms with E-state index in [1.54, 1.807) is 0 Å². The first-order chi connectivity index (χ1) is 26.0. The number of carbonyl (C=O) groups excluding carboxylic acids is 2. The predicted molar refractivity (Wildman–Crippen MR) is 177 cm³/mol. The number of carbonyl (C=O) groups is 2. The lowest BCUT2D eigenvalue weighted by atomic mass is 9.94. The molecule has 4 heterocycles. The number of nitrogens with two attached hydrogens (primary N) is 1. The van der Waals surface area contributed by atoms with Gasteiger partial charge < -0.3 is 94.3 Å². The number of hydrogen-bond donors (Lipinski definition) is 13. The minimum Gasteiger partial charge on any atom is -0.394 e. The zero-order chi connectivity index (χ0) is 40.7. The number of hydrogen-bond acceptors (Lipinski definition) is 21. The molecule has 4 fully saturated rings. The molecule has 0 radical (unpaired) electrons. The minimum atomic E-state index is -1.93. The van der Waals surface area contributed by atoms with Crippen LogP contribution in [0.3, 0.4) is 0 Å². The normalized spacial score (nSPS) is 45.2. The highest BCUT2D eigenvalue weighted by molar-refractivity contribution is 5.75. The third-order valence-corrected chi connectivity index (χ3v) is 10.0. The third kappa shape index (κ3) is 11.0. The maximum Gasteiger partial charge on any atom is 0.233 e. The van der Waals surface area contributed by atoms with Gasteiger partial charge in [0.1, 0.15) is 85.4 Å². The van der Waals surface area contributed by atoms with Gasteiger partial charge in [-0.25, -0.2) is 5.84 Å². The van der Waals surface area contributed by atoms with Gasteiger partial charge in [-0.3, -0.25) is 15.0 Å². The molecule has 4 aliphatic rings. The van der Waals surface area contributed by atoms with Crippen molar-refractivity contribution in [2.24, 2.45) is 5.84 Å². The molecule has 14 N–H and O–H groups in total. The van der Waals surface area contributed by atoms with Gasteiger partial charge in [0.25, 0.3) is 0 Å².